The van der Waals surface area contributed by atoms with Gasteiger partial charge in [0, 0.05) is 25.8 Å². The summed E-state index contributed by atoms with van der Waals surface area (Å²) in [6, 6.07) is 20.4. The Morgan fingerprint density at radius 1 is 1.03 bits per heavy atom. The van der Waals surface area contributed by atoms with Gasteiger partial charge in [0.25, 0.3) is 11.5 Å². The van der Waals surface area contributed by atoms with Crippen LogP contribution in [-0.2, 0) is 24.2 Å². The molecule has 1 atom stereocenters. The van der Waals surface area contributed by atoms with Gasteiger partial charge in [0.05, 0.1) is 20.3 Å². The number of benzene rings is 2. The van der Waals surface area contributed by atoms with E-state index in [1.165, 1.54) is 16.8 Å². The molecule has 1 unspecified atom stereocenters. The molecule has 0 radical (unpaired) electrons. The van der Waals surface area contributed by atoms with Crippen LogP contribution in [0.25, 0.3) is 0 Å². The molecule has 0 saturated carbocycles. The Kier molecular flexibility index (Phi) is 8.16. The summed E-state index contributed by atoms with van der Waals surface area (Å²) in [6.45, 7) is 3.05. The second kappa shape index (κ2) is 11.2. The lowest BCUT2D eigenvalue weighted by Gasteiger charge is -2.30. The largest absolute Gasteiger partial charge is 0.496 e. The summed E-state index contributed by atoms with van der Waals surface area (Å²) in [4.78, 5) is 27.5. The summed E-state index contributed by atoms with van der Waals surface area (Å²) < 4.78 is 11.8. The van der Waals surface area contributed by atoms with Crippen molar-refractivity contribution in [2.45, 2.75) is 32.5 Å². The zero-order valence-corrected chi connectivity index (χ0v) is 18.7. The average Bonchev–Trinajstić information content (AvgIpc) is 2.82. The molecular weight excluding hydrogens is 406 g/mol. The van der Waals surface area contributed by atoms with Gasteiger partial charge in [-0.3, -0.25) is 9.59 Å². The van der Waals surface area contributed by atoms with E-state index in [9.17, 15) is 9.59 Å². The Morgan fingerprint density at radius 3 is 2.47 bits per heavy atom. The van der Waals surface area contributed by atoms with Crippen LogP contribution in [-0.4, -0.2) is 47.5 Å². The van der Waals surface area contributed by atoms with Crippen LogP contribution in [0.4, 0.5) is 0 Å². The number of para-hydroxylation sites is 1. The highest BCUT2D eigenvalue weighted by molar-refractivity contribution is 5.92. The minimum Gasteiger partial charge on any atom is -0.496 e. The van der Waals surface area contributed by atoms with E-state index < -0.39 is 0 Å². The Bertz CT molecular complexity index is 1080. The number of rotatable bonds is 10. The monoisotopic (exact) mass is 435 g/mol. The maximum Gasteiger partial charge on any atom is 0.274 e. The average molecular weight is 436 g/mol. The first-order valence-corrected chi connectivity index (χ1v) is 10.6. The molecule has 2 aromatic carbocycles. The van der Waals surface area contributed by atoms with Gasteiger partial charge in [0.2, 0.25) is 0 Å². The van der Waals surface area contributed by atoms with E-state index in [1.807, 2.05) is 61.5 Å². The molecule has 0 aliphatic rings. The number of hydrogen-bond donors (Lipinski definition) is 0. The highest BCUT2D eigenvalue weighted by Crippen LogP contribution is 2.22. The number of methoxy groups -OCH3 is 2. The van der Waals surface area contributed by atoms with Gasteiger partial charge in [-0.05, 0) is 36.6 Å². The van der Waals surface area contributed by atoms with Crippen LogP contribution in [0.1, 0.15) is 28.5 Å². The van der Waals surface area contributed by atoms with Gasteiger partial charge in [-0.2, -0.15) is 5.10 Å². The minimum atomic E-state index is -0.268. The smallest absolute Gasteiger partial charge is 0.274 e. The molecule has 0 bridgehead atoms. The molecule has 3 rings (SSSR count). The van der Waals surface area contributed by atoms with Crippen molar-refractivity contribution < 1.29 is 14.3 Å². The molecule has 1 amide bonds. The molecule has 0 aliphatic heterocycles. The number of amides is 1. The maximum absolute atomic E-state index is 13.6. The summed E-state index contributed by atoms with van der Waals surface area (Å²) in [6.07, 6.45) is 0.617. The summed E-state index contributed by atoms with van der Waals surface area (Å²) in [7, 11) is 3.20. The number of ether oxygens (including phenoxy) is 2. The van der Waals surface area contributed by atoms with Crippen molar-refractivity contribution in [1.29, 1.82) is 0 Å². The minimum absolute atomic E-state index is 0.139. The Hall–Kier alpha value is -3.45. The molecule has 7 heteroatoms. The van der Waals surface area contributed by atoms with Crippen molar-refractivity contribution >= 4 is 5.91 Å². The fourth-order valence-corrected chi connectivity index (χ4v) is 3.56. The van der Waals surface area contributed by atoms with Gasteiger partial charge < -0.3 is 14.4 Å². The Balaban J connectivity index is 1.91. The van der Waals surface area contributed by atoms with Crippen LogP contribution in [0, 0.1) is 0 Å². The van der Waals surface area contributed by atoms with E-state index in [1.54, 1.807) is 19.1 Å². The number of carbonyl (C=O) groups excluding carboxylic acids is 1. The topological polar surface area (TPSA) is 73.7 Å². The molecule has 1 aromatic heterocycles. The third-order valence-corrected chi connectivity index (χ3v) is 5.29. The Labute approximate surface area is 188 Å². The number of hydrogen-bond acceptors (Lipinski definition) is 5. The van der Waals surface area contributed by atoms with Gasteiger partial charge in [-0.1, -0.05) is 48.5 Å². The molecule has 0 aliphatic carbocycles. The molecule has 7 nitrogen and oxygen atoms in total. The third kappa shape index (κ3) is 5.82. The first-order valence-electron chi connectivity index (χ1n) is 10.6. The second-order valence-corrected chi connectivity index (χ2v) is 7.56. The summed E-state index contributed by atoms with van der Waals surface area (Å²) in [5.74, 6) is 0.556. The SMILES string of the molecule is COCCn1nc(C(=O)N(Cc2ccccc2)C(C)Cc2ccccc2OC)ccc1=O. The summed E-state index contributed by atoms with van der Waals surface area (Å²) in [5.41, 5.74) is 1.99. The lowest BCUT2D eigenvalue weighted by atomic mass is 10.0. The van der Waals surface area contributed by atoms with Gasteiger partial charge >= 0.3 is 0 Å². The van der Waals surface area contributed by atoms with Crippen LogP contribution in [0.5, 0.6) is 5.75 Å². The lowest BCUT2D eigenvalue weighted by Crippen LogP contribution is -2.40. The quantitative estimate of drug-likeness (QED) is 0.489. The molecule has 32 heavy (non-hydrogen) atoms. The predicted octanol–water partition coefficient (Wildman–Crippen LogP) is 3.17. The highest BCUT2D eigenvalue weighted by Gasteiger charge is 2.24. The van der Waals surface area contributed by atoms with E-state index in [0.29, 0.717) is 19.6 Å². The van der Waals surface area contributed by atoms with Crippen molar-refractivity contribution in [2.24, 2.45) is 0 Å². The van der Waals surface area contributed by atoms with E-state index in [4.69, 9.17) is 9.47 Å². The number of nitrogens with zero attached hydrogens (tertiary/aromatic N) is 3. The molecule has 0 fully saturated rings. The van der Waals surface area contributed by atoms with Crippen molar-refractivity contribution in [1.82, 2.24) is 14.7 Å². The van der Waals surface area contributed by atoms with Crippen molar-refractivity contribution in [2.75, 3.05) is 20.8 Å². The first-order chi connectivity index (χ1) is 15.5. The third-order valence-electron chi connectivity index (χ3n) is 5.29. The van der Waals surface area contributed by atoms with Crippen LogP contribution in [0.2, 0.25) is 0 Å². The first kappa shape index (κ1) is 23.2. The van der Waals surface area contributed by atoms with Crippen molar-refractivity contribution in [3.63, 3.8) is 0 Å². The molecule has 168 valence electrons. The summed E-state index contributed by atoms with van der Waals surface area (Å²) in [5, 5.41) is 4.30. The number of carbonyl (C=O) groups is 1. The number of aromatic nitrogens is 2. The normalized spacial score (nSPS) is 11.7. The molecule has 0 N–H and O–H groups in total. The van der Waals surface area contributed by atoms with Crippen LogP contribution < -0.4 is 10.3 Å². The summed E-state index contributed by atoms with van der Waals surface area (Å²) >= 11 is 0. The molecule has 1 heterocycles. The Morgan fingerprint density at radius 2 is 1.75 bits per heavy atom. The van der Waals surface area contributed by atoms with Crippen LogP contribution >= 0.6 is 0 Å². The molecule has 0 saturated heterocycles. The van der Waals surface area contributed by atoms with Gasteiger partial charge in [0.15, 0.2) is 0 Å². The second-order valence-electron chi connectivity index (χ2n) is 7.56. The standard InChI is InChI=1S/C25H29N3O4/c1-19(17-21-11-7-8-12-23(21)32-3)27(18-20-9-5-4-6-10-20)25(30)22-13-14-24(29)28(26-22)15-16-31-2/h4-14,19H,15-18H2,1-3H3. The fourth-order valence-electron chi connectivity index (χ4n) is 3.56. The maximum atomic E-state index is 13.6. The molecule has 0 spiro atoms. The molecular formula is C25H29N3O4. The zero-order chi connectivity index (χ0) is 22.9. The lowest BCUT2D eigenvalue weighted by molar-refractivity contribution is 0.0664. The van der Waals surface area contributed by atoms with Gasteiger partial charge in [0.1, 0.15) is 11.4 Å². The van der Waals surface area contributed by atoms with Gasteiger partial charge in [-0.25, -0.2) is 4.68 Å². The van der Waals surface area contributed by atoms with E-state index >= 15 is 0 Å². The van der Waals surface area contributed by atoms with Crippen LogP contribution in [0.15, 0.2) is 71.5 Å². The predicted molar refractivity (Wildman–Crippen MR) is 123 cm³/mol. The van der Waals surface area contributed by atoms with Crippen molar-refractivity contribution in [3.05, 3.63) is 93.9 Å². The zero-order valence-electron chi connectivity index (χ0n) is 18.7. The van der Waals surface area contributed by atoms with Crippen molar-refractivity contribution in [3.8, 4) is 5.75 Å². The van der Waals surface area contributed by atoms with E-state index in [0.717, 1.165) is 16.9 Å². The highest BCUT2D eigenvalue weighted by atomic mass is 16.5. The van der Waals surface area contributed by atoms with Crippen LogP contribution in [0.3, 0.4) is 0 Å². The fraction of sp³-hybridized carbons (Fsp3) is 0.320. The van der Waals surface area contributed by atoms with E-state index in [2.05, 4.69) is 5.10 Å². The van der Waals surface area contributed by atoms with E-state index in [-0.39, 0.29) is 29.7 Å². The molecule has 3 aromatic rings. The van der Waals surface area contributed by atoms with Gasteiger partial charge in [-0.15, -0.1) is 0 Å².